The quantitative estimate of drug-likeness (QED) is 0.157. The molecule has 360 valence electrons. The highest BCUT2D eigenvalue weighted by atomic mass is 35.5. The Morgan fingerprint density at radius 1 is 0.537 bits per heavy atom. The molecule has 0 spiro atoms. The number of benzene rings is 2. The predicted molar refractivity (Wildman–Crippen MR) is 278 cm³/mol. The summed E-state index contributed by atoms with van der Waals surface area (Å²) >= 11 is 0. The van der Waals surface area contributed by atoms with Crippen molar-refractivity contribution in [3.8, 4) is 0 Å². The summed E-state index contributed by atoms with van der Waals surface area (Å²) in [6, 6.07) is 30.8. The van der Waals surface area contributed by atoms with E-state index in [0.717, 1.165) is 121 Å². The number of nitrogens with one attached hydrogen (secondary N) is 4. The topological polar surface area (TPSA) is 173 Å². The van der Waals surface area contributed by atoms with Gasteiger partial charge in [-0.1, -0.05) is 60.7 Å². The van der Waals surface area contributed by atoms with Gasteiger partial charge in [0.2, 0.25) is 0 Å². The van der Waals surface area contributed by atoms with Crippen molar-refractivity contribution in [1.82, 2.24) is 60.4 Å². The molecule has 67 heavy (non-hydrogen) atoms. The molecule has 15 nitrogen and oxygen atoms in total. The van der Waals surface area contributed by atoms with Gasteiger partial charge in [-0.05, 0) is 88.8 Å². The first kappa shape index (κ1) is 54.3. The maximum atomic E-state index is 4.87. The Balaban J connectivity index is 0.000000272. The molecule has 6 aromatic rings. The van der Waals surface area contributed by atoms with E-state index in [9.17, 15) is 0 Å². The van der Waals surface area contributed by atoms with Crippen LogP contribution >= 0.6 is 49.6 Å². The molecule has 0 bridgehead atoms. The highest BCUT2D eigenvalue weighted by Gasteiger charge is 2.30. The molecule has 6 N–H and O–H groups in total. The maximum Gasteiger partial charge on any atom is 0.182 e. The van der Waals surface area contributed by atoms with Gasteiger partial charge in [-0.25, -0.2) is 0 Å². The molecule has 4 aliphatic rings. The Kier molecular flexibility index (Phi) is 20.4. The standard InChI is InChI=1S/2C24H29N7.4ClH.H2O/c2*1-17(2)31-28-22-23(21-19(9-6-12-26-21)15-27-24(22)29-31)30-14-13-25-20(16-30)11-10-18-7-4-3-5-8-18;;;;;/h2*3-9,12,15,17,20,25H,10-11,13-14,16H2,1-2H3,(H,27,29);4*1H;1H2. The molecule has 8 heterocycles. The van der Waals surface area contributed by atoms with Crippen LogP contribution in [0.25, 0.3) is 23.8 Å². The van der Waals surface area contributed by atoms with Crippen LogP contribution in [0.1, 0.15) is 75.1 Å². The fourth-order valence-electron chi connectivity index (χ4n) is 8.61. The highest BCUT2D eigenvalue weighted by molar-refractivity contribution is 5.86. The molecule has 19 heteroatoms. The van der Waals surface area contributed by atoms with Crippen LogP contribution in [-0.4, -0.2) is 107 Å². The van der Waals surface area contributed by atoms with Crippen LogP contribution in [0.5, 0.6) is 0 Å². The Hall–Kier alpha value is -5.26. The minimum absolute atomic E-state index is 0. The molecule has 0 saturated carbocycles. The fourth-order valence-corrected chi connectivity index (χ4v) is 8.61. The molecule has 10 rings (SSSR count). The minimum atomic E-state index is 0. The summed E-state index contributed by atoms with van der Waals surface area (Å²) in [5.74, 6) is 1.59. The average molecular weight is 995 g/mol. The number of anilines is 2. The van der Waals surface area contributed by atoms with E-state index in [1.807, 2.05) is 36.9 Å². The van der Waals surface area contributed by atoms with Crippen LogP contribution in [-0.2, 0) is 12.8 Å². The van der Waals surface area contributed by atoms with Crippen molar-refractivity contribution in [2.24, 2.45) is 0 Å². The van der Waals surface area contributed by atoms with E-state index in [-0.39, 0.29) is 67.2 Å². The van der Waals surface area contributed by atoms with Crippen LogP contribution < -0.4 is 42.4 Å². The van der Waals surface area contributed by atoms with Crippen molar-refractivity contribution >= 4 is 85.1 Å². The number of fused-ring (bicyclic) bond motifs is 4. The lowest BCUT2D eigenvalue weighted by atomic mass is 10.0. The number of aryl methyl sites for hydroxylation is 2. The summed E-state index contributed by atoms with van der Waals surface area (Å²) in [6.07, 6.45) is 12.0. The lowest BCUT2D eigenvalue weighted by molar-refractivity contribution is 0.267. The SMILES string of the molecule is CC(C)n1nc2c(n1)C(N1CCNC(CCc3ccccc3)C1)=c1ncccc1=CN2.CC(C)n1nc2c(n1)C(N1CCNC(CCc3ccccc3)C1)=c1ncccc1=CN2.Cl.Cl.Cl.Cl.O. The molecule has 4 aromatic heterocycles. The van der Waals surface area contributed by atoms with Crippen molar-refractivity contribution in [2.75, 3.05) is 49.9 Å². The molecule has 2 saturated heterocycles. The van der Waals surface area contributed by atoms with Crippen molar-refractivity contribution in [1.29, 1.82) is 0 Å². The van der Waals surface area contributed by atoms with Crippen LogP contribution in [0.4, 0.5) is 11.6 Å². The van der Waals surface area contributed by atoms with Gasteiger partial charge >= 0.3 is 0 Å². The molecule has 0 radical (unpaired) electrons. The Morgan fingerprint density at radius 2 is 0.940 bits per heavy atom. The second-order valence-electron chi connectivity index (χ2n) is 17.0. The van der Waals surface area contributed by atoms with Crippen molar-refractivity contribution in [2.45, 2.75) is 77.5 Å². The first-order valence-corrected chi connectivity index (χ1v) is 22.2. The van der Waals surface area contributed by atoms with Crippen LogP contribution in [0.2, 0.25) is 0 Å². The molecule has 0 amide bonds. The van der Waals surface area contributed by atoms with Gasteiger partial charge in [0.1, 0.15) is 0 Å². The van der Waals surface area contributed by atoms with Gasteiger partial charge in [-0.3, -0.25) is 9.97 Å². The zero-order valence-corrected chi connectivity index (χ0v) is 41.6. The number of hydrogen-bond acceptors (Lipinski definition) is 12. The van der Waals surface area contributed by atoms with E-state index >= 15 is 0 Å². The summed E-state index contributed by atoms with van der Waals surface area (Å²) < 4.78 is 0. The first-order chi connectivity index (χ1) is 30.4. The maximum absolute atomic E-state index is 4.87. The third kappa shape index (κ3) is 12.6. The van der Waals surface area contributed by atoms with Crippen LogP contribution in [0.3, 0.4) is 0 Å². The largest absolute Gasteiger partial charge is 0.412 e. The first-order valence-electron chi connectivity index (χ1n) is 22.2. The van der Waals surface area contributed by atoms with E-state index in [2.05, 4.69) is 132 Å². The van der Waals surface area contributed by atoms with E-state index in [0.29, 0.717) is 12.1 Å². The highest BCUT2D eigenvalue weighted by Crippen LogP contribution is 2.27. The van der Waals surface area contributed by atoms with Crippen molar-refractivity contribution < 1.29 is 5.48 Å². The van der Waals surface area contributed by atoms with E-state index in [1.165, 1.54) is 11.1 Å². The number of nitrogens with zero attached hydrogens (tertiary/aromatic N) is 10. The van der Waals surface area contributed by atoms with Gasteiger partial charge in [0, 0.05) is 86.6 Å². The second-order valence-corrected chi connectivity index (χ2v) is 17.0. The van der Waals surface area contributed by atoms with Gasteiger partial charge in [0.15, 0.2) is 23.0 Å². The van der Waals surface area contributed by atoms with Gasteiger partial charge < -0.3 is 36.5 Å². The number of rotatable bonds is 10. The zero-order chi connectivity index (χ0) is 42.4. The van der Waals surface area contributed by atoms with Gasteiger partial charge in [-0.15, -0.1) is 70.0 Å². The van der Waals surface area contributed by atoms with Gasteiger partial charge in [0.05, 0.1) is 34.2 Å². The Bertz CT molecular complexity index is 2550. The van der Waals surface area contributed by atoms with Crippen molar-refractivity contribution in [3.05, 3.63) is 141 Å². The van der Waals surface area contributed by atoms with E-state index in [1.54, 1.807) is 9.59 Å². The fraction of sp³-hybridized carbons (Fsp3) is 0.375. The van der Waals surface area contributed by atoms with E-state index in [4.69, 9.17) is 30.4 Å². The van der Waals surface area contributed by atoms with Crippen LogP contribution in [0.15, 0.2) is 97.3 Å². The number of piperazine rings is 2. The number of pyridine rings is 2. The number of aromatic nitrogens is 8. The zero-order valence-electron chi connectivity index (χ0n) is 38.4. The minimum Gasteiger partial charge on any atom is -0.412 e. The predicted octanol–water partition coefficient (Wildman–Crippen LogP) is 3.82. The number of hydrogen-bond donors (Lipinski definition) is 4. The number of halogens is 4. The third-order valence-corrected chi connectivity index (χ3v) is 11.9. The summed E-state index contributed by atoms with van der Waals surface area (Å²) in [4.78, 5) is 18.0. The lowest BCUT2D eigenvalue weighted by Gasteiger charge is -2.36. The molecule has 0 aliphatic carbocycles. The molecule has 2 unspecified atom stereocenters. The third-order valence-electron chi connectivity index (χ3n) is 11.9. The summed E-state index contributed by atoms with van der Waals surface area (Å²) in [7, 11) is 0. The summed E-state index contributed by atoms with van der Waals surface area (Å²) in [6.45, 7) is 13.9. The molecule has 4 aliphatic heterocycles. The molecular weight excluding hydrogens is 930 g/mol. The van der Waals surface area contributed by atoms with Crippen molar-refractivity contribution in [3.63, 3.8) is 0 Å². The normalized spacial score (nSPS) is 16.7. The summed E-state index contributed by atoms with van der Waals surface area (Å²) in [5.41, 5.74) is 6.68. The monoisotopic (exact) mass is 992 g/mol. The average Bonchev–Trinajstić information content (AvgIpc) is 3.85. The van der Waals surface area contributed by atoms with E-state index < -0.39 is 0 Å². The molecule has 2 aromatic carbocycles. The van der Waals surface area contributed by atoms with Gasteiger partial charge in [-0.2, -0.15) is 9.59 Å². The second kappa shape index (κ2) is 25.2. The molecular formula is C48H64Cl4N14O. The smallest absolute Gasteiger partial charge is 0.182 e. The molecule has 2 fully saturated rings. The van der Waals surface area contributed by atoms with Crippen LogP contribution in [0, 0.1) is 0 Å². The Morgan fingerprint density at radius 3 is 1.33 bits per heavy atom. The summed E-state index contributed by atoms with van der Waals surface area (Å²) in [5, 5.41) is 37.3. The Labute approximate surface area is 417 Å². The molecule has 2 atom stereocenters. The lowest BCUT2D eigenvalue weighted by Crippen LogP contribution is -2.52. The van der Waals surface area contributed by atoms with Gasteiger partial charge in [0.25, 0.3) is 0 Å².